The van der Waals surface area contributed by atoms with Gasteiger partial charge in [-0.3, -0.25) is 9.78 Å². The summed E-state index contributed by atoms with van der Waals surface area (Å²) in [6, 6.07) is 0. The molecule has 0 aliphatic heterocycles. The van der Waals surface area contributed by atoms with Crippen LogP contribution < -0.4 is 10.9 Å². The number of alkyl halides is 1. The summed E-state index contributed by atoms with van der Waals surface area (Å²) in [5.41, 5.74) is 0.515. The predicted molar refractivity (Wildman–Crippen MR) is 58.1 cm³/mol. The van der Waals surface area contributed by atoms with Crippen LogP contribution in [0.15, 0.2) is 11.0 Å². The number of nitrogens with zero attached hydrogens (tertiary/aromatic N) is 1. The van der Waals surface area contributed by atoms with Gasteiger partial charge in [-0.05, 0) is 12.8 Å². The van der Waals surface area contributed by atoms with E-state index in [-0.39, 0.29) is 5.56 Å². The van der Waals surface area contributed by atoms with Gasteiger partial charge in [-0.25, -0.2) is 4.98 Å². The molecule has 0 aromatic carbocycles. The van der Waals surface area contributed by atoms with Crippen LogP contribution in [-0.2, 0) is 6.42 Å². The third-order valence-electron chi connectivity index (χ3n) is 1.78. The fourth-order valence-corrected chi connectivity index (χ4v) is 1.24. The highest BCUT2D eigenvalue weighted by Crippen LogP contribution is 1.97. The summed E-state index contributed by atoms with van der Waals surface area (Å²) in [4.78, 5) is 18.1. The second-order valence-corrected chi connectivity index (χ2v) is 3.33. The SMILES string of the molecule is CCCNc1ncc(CCCl)c(=O)[nH]1. The van der Waals surface area contributed by atoms with Gasteiger partial charge in [0.15, 0.2) is 0 Å². The Hall–Kier alpha value is -1.03. The van der Waals surface area contributed by atoms with Crippen LogP contribution in [0.3, 0.4) is 0 Å². The van der Waals surface area contributed by atoms with Crippen molar-refractivity contribution in [2.75, 3.05) is 17.7 Å². The van der Waals surface area contributed by atoms with Gasteiger partial charge in [-0.1, -0.05) is 6.92 Å². The predicted octanol–water partition coefficient (Wildman–Crippen LogP) is 1.37. The summed E-state index contributed by atoms with van der Waals surface area (Å²) in [5, 5.41) is 3.00. The van der Waals surface area contributed by atoms with Crippen LogP contribution in [0, 0.1) is 0 Å². The van der Waals surface area contributed by atoms with Crippen LogP contribution in [0.5, 0.6) is 0 Å². The van der Waals surface area contributed by atoms with Crippen molar-refractivity contribution in [2.24, 2.45) is 0 Å². The molecule has 0 spiro atoms. The average Bonchev–Trinajstić information content (AvgIpc) is 2.19. The van der Waals surface area contributed by atoms with Gasteiger partial charge < -0.3 is 5.32 Å². The molecule has 0 unspecified atom stereocenters. The molecule has 0 fully saturated rings. The van der Waals surface area contributed by atoms with Crippen molar-refractivity contribution in [3.8, 4) is 0 Å². The number of rotatable bonds is 5. The maximum Gasteiger partial charge on any atom is 0.255 e. The highest BCUT2D eigenvalue weighted by atomic mass is 35.5. The van der Waals surface area contributed by atoms with Gasteiger partial charge >= 0.3 is 0 Å². The smallest absolute Gasteiger partial charge is 0.255 e. The summed E-state index contributed by atoms with van der Waals surface area (Å²) in [7, 11) is 0. The number of aromatic amines is 1. The Balaban J connectivity index is 2.73. The summed E-state index contributed by atoms with van der Waals surface area (Å²) in [6.45, 7) is 2.85. The van der Waals surface area contributed by atoms with E-state index in [2.05, 4.69) is 15.3 Å². The molecule has 0 saturated heterocycles. The Morgan fingerprint density at radius 1 is 1.64 bits per heavy atom. The largest absolute Gasteiger partial charge is 0.356 e. The topological polar surface area (TPSA) is 57.8 Å². The van der Waals surface area contributed by atoms with E-state index in [1.165, 1.54) is 0 Å². The van der Waals surface area contributed by atoms with E-state index < -0.39 is 0 Å². The molecule has 2 N–H and O–H groups in total. The lowest BCUT2D eigenvalue weighted by Crippen LogP contribution is -2.17. The van der Waals surface area contributed by atoms with Crippen molar-refractivity contribution >= 4 is 17.5 Å². The van der Waals surface area contributed by atoms with Crippen molar-refractivity contribution < 1.29 is 0 Å². The molecule has 0 amide bonds. The zero-order valence-electron chi connectivity index (χ0n) is 8.14. The Labute approximate surface area is 87.7 Å². The number of aromatic nitrogens is 2. The first-order valence-corrected chi connectivity index (χ1v) is 5.19. The van der Waals surface area contributed by atoms with Gasteiger partial charge in [0.2, 0.25) is 5.95 Å². The number of hydrogen-bond acceptors (Lipinski definition) is 3. The summed E-state index contributed by atoms with van der Waals surface area (Å²) < 4.78 is 0. The second kappa shape index (κ2) is 5.65. The number of nitrogens with one attached hydrogen (secondary N) is 2. The second-order valence-electron chi connectivity index (χ2n) is 2.95. The Kier molecular flexibility index (Phi) is 4.46. The lowest BCUT2D eigenvalue weighted by Gasteiger charge is -2.03. The molecule has 0 aliphatic rings. The van der Waals surface area contributed by atoms with Crippen molar-refractivity contribution in [3.63, 3.8) is 0 Å². The molecule has 0 bridgehead atoms. The van der Waals surface area contributed by atoms with Crippen molar-refractivity contribution in [2.45, 2.75) is 19.8 Å². The maximum atomic E-state index is 11.4. The lowest BCUT2D eigenvalue weighted by atomic mass is 10.3. The van der Waals surface area contributed by atoms with Gasteiger partial charge in [0.25, 0.3) is 5.56 Å². The summed E-state index contributed by atoms with van der Waals surface area (Å²) in [6.07, 6.45) is 3.12. The average molecular weight is 216 g/mol. The molecular weight excluding hydrogens is 202 g/mol. The van der Waals surface area contributed by atoms with Gasteiger partial charge in [0.1, 0.15) is 0 Å². The van der Waals surface area contributed by atoms with E-state index >= 15 is 0 Å². The molecule has 1 heterocycles. The first kappa shape index (κ1) is 11.0. The van der Waals surface area contributed by atoms with E-state index in [0.717, 1.165) is 13.0 Å². The number of H-pyrrole nitrogens is 1. The molecule has 14 heavy (non-hydrogen) atoms. The minimum atomic E-state index is -0.112. The minimum Gasteiger partial charge on any atom is -0.356 e. The maximum absolute atomic E-state index is 11.4. The van der Waals surface area contributed by atoms with E-state index in [4.69, 9.17) is 11.6 Å². The number of anilines is 1. The van der Waals surface area contributed by atoms with Gasteiger partial charge in [0, 0.05) is 24.2 Å². The minimum absolute atomic E-state index is 0.112. The summed E-state index contributed by atoms with van der Waals surface area (Å²) in [5.74, 6) is 0.960. The van der Waals surface area contributed by atoms with Crippen LogP contribution in [0.2, 0.25) is 0 Å². The molecule has 78 valence electrons. The lowest BCUT2D eigenvalue weighted by molar-refractivity contribution is 0.933. The zero-order valence-corrected chi connectivity index (χ0v) is 8.90. The van der Waals surface area contributed by atoms with Crippen molar-refractivity contribution in [1.29, 1.82) is 0 Å². The van der Waals surface area contributed by atoms with Gasteiger partial charge in [0.05, 0.1) is 0 Å². The Morgan fingerprint density at radius 2 is 2.43 bits per heavy atom. The van der Waals surface area contributed by atoms with Crippen molar-refractivity contribution in [1.82, 2.24) is 9.97 Å². The molecule has 0 aliphatic carbocycles. The molecule has 0 radical (unpaired) electrons. The van der Waals surface area contributed by atoms with E-state index in [1.54, 1.807) is 6.20 Å². The van der Waals surface area contributed by atoms with Crippen molar-refractivity contribution in [3.05, 3.63) is 22.1 Å². The molecule has 1 aromatic heterocycles. The molecule has 0 saturated carbocycles. The van der Waals surface area contributed by atoms with Gasteiger partial charge in [-0.2, -0.15) is 0 Å². The molecule has 5 heteroatoms. The number of hydrogen-bond donors (Lipinski definition) is 2. The first-order chi connectivity index (χ1) is 6.77. The third kappa shape index (κ3) is 3.03. The quantitative estimate of drug-likeness (QED) is 0.730. The molecule has 0 atom stereocenters. The van der Waals surface area contributed by atoms with Crippen LogP contribution in [0.25, 0.3) is 0 Å². The molecular formula is C9H14ClN3O. The highest BCUT2D eigenvalue weighted by Gasteiger charge is 2.00. The monoisotopic (exact) mass is 215 g/mol. The van der Waals surface area contributed by atoms with Crippen LogP contribution in [0.1, 0.15) is 18.9 Å². The van der Waals surface area contributed by atoms with E-state index in [9.17, 15) is 4.79 Å². The Bertz CT molecular complexity index is 337. The van der Waals surface area contributed by atoms with Crippen LogP contribution in [-0.4, -0.2) is 22.4 Å². The molecule has 1 rings (SSSR count). The fraction of sp³-hybridized carbons (Fsp3) is 0.556. The summed E-state index contributed by atoms with van der Waals surface area (Å²) >= 11 is 5.54. The number of halogens is 1. The zero-order chi connectivity index (χ0) is 10.4. The normalized spacial score (nSPS) is 10.1. The van der Waals surface area contributed by atoms with E-state index in [1.807, 2.05) is 6.92 Å². The van der Waals surface area contributed by atoms with Gasteiger partial charge in [-0.15, -0.1) is 11.6 Å². The molecule has 4 nitrogen and oxygen atoms in total. The standard InChI is InChI=1S/C9H14ClN3O/c1-2-5-11-9-12-6-7(3-4-10)8(14)13-9/h6H,2-5H2,1H3,(H2,11,12,13,14). The van der Waals surface area contributed by atoms with E-state index in [0.29, 0.717) is 23.8 Å². The van der Waals surface area contributed by atoms with Crippen LogP contribution in [0.4, 0.5) is 5.95 Å². The highest BCUT2D eigenvalue weighted by molar-refractivity contribution is 6.17. The first-order valence-electron chi connectivity index (χ1n) is 4.66. The third-order valence-corrected chi connectivity index (χ3v) is 1.97. The van der Waals surface area contributed by atoms with Crippen LogP contribution >= 0.6 is 11.6 Å². The molecule has 1 aromatic rings. The number of aryl methyl sites for hydroxylation is 1. The fourth-order valence-electron chi connectivity index (χ4n) is 1.03. The Morgan fingerprint density at radius 3 is 3.00 bits per heavy atom.